The standard InChI is InChI=1S/C14H14N6O/c1-2-21-13-8-16-7-12(18-13)20-9-17-14(19-20)10-4-3-5-11(15)6-10/h3-9H,2,15H2,1H3. The van der Waals surface area contributed by atoms with Crippen molar-refractivity contribution in [2.24, 2.45) is 0 Å². The molecule has 0 spiro atoms. The molecular formula is C14H14N6O. The van der Waals surface area contributed by atoms with Gasteiger partial charge in [-0.2, -0.15) is 4.98 Å². The Hall–Kier alpha value is -2.96. The summed E-state index contributed by atoms with van der Waals surface area (Å²) in [7, 11) is 0. The van der Waals surface area contributed by atoms with Crippen LogP contribution in [-0.4, -0.2) is 31.3 Å². The summed E-state index contributed by atoms with van der Waals surface area (Å²) in [5.41, 5.74) is 7.28. The molecule has 0 aliphatic heterocycles. The number of hydrogen-bond donors (Lipinski definition) is 1. The number of nitrogen functional groups attached to an aromatic ring is 1. The minimum absolute atomic E-state index is 0.455. The van der Waals surface area contributed by atoms with E-state index >= 15 is 0 Å². The van der Waals surface area contributed by atoms with E-state index in [0.717, 1.165) is 5.56 Å². The van der Waals surface area contributed by atoms with Crippen LogP contribution in [0.15, 0.2) is 43.0 Å². The third-order valence-electron chi connectivity index (χ3n) is 2.76. The highest BCUT2D eigenvalue weighted by atomic mass is 16.5. The monoisotopic (exact) mass is 282 g/mol. The molecule has 2 heterocycles. The average Bonchev–Trinajstić information content (AvgIpc) is 2.98. The minimum atomic E-state index is 0.455. The molecule has 0 unspecified atom stereocenters. The average molecular weight is 282 g/mol. The first kappa shape index (κ1) is 13.0. The molecule has 1 aromatic carbocycles. The van der Waals surface area contributed by atoms with Crippen LogP contribution >= 0.6 is 0 Å². The number of ether oxygens (including phenoxy) is 1. The van der Waals surface area contributed by atoms with Crippen molar-refractivity contribution in [2.45, 2.75) is 6.92 Å². The Kier molecular flexibility index (Phi) is 3.46. The number of aromatic nitrogens is 5. The van der Waals surface area contributed by atoms with Crippen molar-refractivity contribution in [3.63, 3.8) is 0 Å². The van der Waals surface area contributed by atoms with E-state index in [4.69, 9.17) is 10.5 Å². The van der Waals surface area contributed by atoms with Crippen molar-refractivity contribution < 1.29 is 4.74 Å². The van der Waals surface area contributed by atoms with E-state index in [2.05, 4.69) is 20.1 Å². The fraction of sp³-hybridized carbons (Fsp3) is 0.143. The molecule has 0 radical (unpaired) electrons. The number of anilines is 1. The lowest BCUT2D eigenvalue weighted by Gasteiger charge is -2.03. The number of nitrogens with two attached hydrogens (primary N) is 1. The molecule has 7 heteroatoms. The van der Waals surface area contributed by atoms with Crippen LogP contribution in [0.3, 0.4) is 0 Å². The number of hydrogen-bond acceptors (Lipinski definition) is 6. The summed E-state index contributed by atoms with van der Waals surface area (Å²) in [6, 6.07) is 7.40. The molecule has 106 valence electrons. The SMILES string of the molecule is CCOc1cncc(-n2cnc(-c3cccc(N)c3)n2)n1. The van der Waals surface area contributed by atoms with Crippen LogP contribution in [0, 0.1) is 0 Å². The summed E-state index contributed by atoms with van der Waals surface area (Å²) >= 11 is 0. The third kappa shape index (κ3) is 2.81. The van der Waals surface area contributed by atoms with Gasteiger partial charge in [-0.05, 0) is 19.1 Å². The predicted octanol–water partition coefficient (Wildman–Crippen LogP) is 1.71. The predicted molar refractivity (Wildman–Crippen MR) is 78.0 cm³/mol. The highest BCUT2D eigenvalue weighted by Crippen LogP contribution is 2.18. The second-order valence-corrected chi connectivity index (χ2v) is 4.29. The van der Waals surface area contributed by atoms with Crippen LogP contribution in [0.1, 0.15) is 6.92 Å². The lowest BCUT2D eigenvalue weighted by atomic mass is 10.2. The third-order valence-corrected chi connectivity index (χ3v) is 2.76. The number of benzene rings is 1. The number of nitrogens with zero attached hydrogens (tertiary/aromatic N) is 5. The fourth-order valence-corrected chi connectivity index (χ4v) is 1.85. The lowest BCUT2D eigenvalue weighted by Crippen LogP contribution is -2.02. The molecule has 0 saturated heterocycles. The molecular weight excluding hydrogens is 268 g/mol. The Morgan fingerprint density at radius 1 is 1.29 bits per heavy atom. The maximum absolute atomic E-state index is 5.77. The van der Waals surface area contributed by atoms with Crippen molar-refractivity contribution in [2.75, 3.05) is 12.3 Å². The van der Waals surface area contributed by atoms with E-state index in [-0.39, 0.29) is 0 Å². The fourth-order valence-electron chi connectivity index (χ4n) is 1.85. The van der Waals surface area contributed by atoms with Gasteiger partial charge in [0.05, 0.1) is 19.0 Å². The molecule has 0 saturated carbocycles. The van der Waals surface area contributed by atoms with Crippen molar-refractivity contribution >= 4 is 5.69 Å². The molecule has 3 aromatic rings. The molecule has 2 aromatic heterocycles. The van der Waals surface area contributed by atoms with Crippen molar-refractivity contribution in [3.05, 3.63) is 43.0 Å². The molecule has 2 N–H and O–H groups in total. The quantitative estimate of drug-likeness (QED) is 0.732. The van der Waals surface area contributed by atoms with E-state index in [9.17, 15) is 0 Å². The molecule has 0 bridgehead atoms. The van der Waals surface area contributed by atoms with Crippen LogP contribution in [-0.2, 0) is 0 Å². The van der Waals surface area contributed by atoms with Gasteiger partial charge in [0, 0.05) is 11.3 Å². The Labute approximate surface area is 121 Å². The zero-order valence-corrected chi connectivity index (χ0v) is 11.5. The Balaban J connectivity index is 1.93. The molecule has 0 fully saturated rings. The van der Waals surface area contributed by atoms with E-state index in [0.29, 0.717) is 29.8 Å². The van der Waals surface area contributed by atoms with Crippen molar-refractivity contribution in [1.29, 1.82) is 0 Å². The highest BCUT2D eigenvalue weighted by Gasteiger charge is 2.08. The summed E-state index contributed by atoms with van der Waals surface area (Å²) in [6.45, 7) is 2.42. The normalized spacial score (nSPS) is 10.5. The summed E-state index contributed by atoms with van der Waals surface area (Å²) in [4.78, 5) is 12.7. The summed E-state index contributed by atoms with van der Waals surface area (Å²) in [5.74, 6) is 1.57. The van der Waals surface area contributed by atoms with Crippen LogP contribution in [0.2, 0.25) is 0 Å². The summed E-state index contributed by atoms with van der Waals surface area (Å²) in [5, 5.41) is 4.39. The molecule has 21 heavy (non-hydrogen) atoms. The van der Waals surface area contributed by atoms with E-state index < -0.39 is 0 Å². The lowest BCUT2D eigenvalue weighted by molar-refractivity contribution is 0.324. The van der Waals surface area contributed by atoms with E-state index in [1.807, 2.05) is 31.2 Å². The van der Waals surface area contributed by atoms with Crippen LogP contribution < -0.4 is 10.5 Å². The highest BCUT2D eigenvalue weighted by molar-refractivity contribution is 5.60. The first-order chi connectivity index (χ1) is 10.3. The van der Waals surface area contributed by atoms with Gasteiger partial charge < -0.3 is 10.5 Å². The molecule has 0 amide bonds. The smallest absolute Gasteiger partial charge is 0.234 e. The maximum atomic E-state index is 5.77. The van der Waals surface area contributed by atoms with Gasteiger partial charge in [0.15, 0.2) is 11.6 Å². The minimum Gasteiger partial charge on any atom is -0.477 e. The van der Waals surface area contributed by atoms with E-state index in [1.54, 1.807) is 23.4 Å². The molecule has 3 rings (SSSR count). The first-order valence-corrected chi connectivity index (χ1v) is 6.49. The summed E-state index contributed by atoms with van der Waals surface area (Å²) in [6.07, 6.45) is 4.74. The summed E-state index contributed by atoms with van der Waals surface area (Å²) < 4.78 is 6.87. The Bertz CT molecular complexity index is 754. The zero-order valence-electron chi connectivity index (χ0n) is 11.5. The van der Waals surface area contributed by atoms with E-state index in [1.165, 1.54) is 0 Å². The topological polar surface area (TPSA) is 91.7 Å². The zero-order chi connectivity index (χ0) is 14.7. The van der Waals surface area contributed by atoms with Gasteiger partial charge in [0.2, 0.25) is 5.88 Å². The molecule has 0 atom stereocenters. The van der Waals surface area contributed by atoms with Gasteiger partial charge in [-0.15, -0.1) is 5.10 Å². The largest absolute Gasteiger partial charge is 0.477 e. The van der Waals surface area contributed by atoms with Crippen molar-refractivity contribution in [3.8, 4) is 23.1 Å². The van der Waals surface area contributed by atoms with Gasteiger partial charge in [0.1, 0.15) is 6.33 Å². The maximum Gasteiger partial charge on any atom is 0.234 e. The van der Waals surface area contributed by atoms with Gasteiger partial charge in [-0.25, -0.2) is 9.67 Å². The molecule has 0 aliphatic rings. The molecule has 7 nitrogen and oxygen atoms in total. The Morgan fingerprint density at radius 3 is 3.00 bits per heavy atom. The van der Waals surface area contributed by atoms with Crippen molar-refractivity contribution in [1.82, 2.24) is 24.7 Å². The first-order valence-electron chi connectivity index (χ1n) is 6.49. The second kappa shape index (κ2) is 5.58. The molecule has 0 aliphatic carbocycles. The van der Waals surface area contributed by atoms with Crippen LogP contribution in [0.4, 0.5) is 5.69 Å². The van der Waals surface area contributed by atoms with Gasteiger partial charge >= 0.3 is 0 Å². The van der Waals surface area contributed by atoms with Gasteiger partial charge in [-0.1, -0.05) is 12.1 Å². The van der Waals surface area contributed by atoms with Crippen LogP contribution in [0.5, 0.6) is 5.88 Å². The number of rotatable bonds is 4. The van der Waals surface area contributed by atoms with Gasteiger partial charge in [0.25, 0.3) is 0 Å². The second-order valence-electron chi connectivity index (χ2n) is 4.29. The van der Waals surface area contributed by atoms with Crippen LogP contribution in [0.25, 0.3) is 17.2 Å². The Morgan fingerprint density at radius 2 is 2.19 bits per heavy atom. The van der Waals surface area contributed by atoms with Gasteiger partial charge in [-0.3, -0.25) is 4.98 Å².